The van der Waals surface area contributed by atoms with Crippen LogP contribution in [0.2, 0.25) is 0 Å². The van der Waals surface area contributed by atoms with Gasteiger partial charge < -0.3 is 9.52 Å². The fourth-order valence-corrected chi connectivity index (χ4v) is 1.71. The third-order valence-electron chi connectivity index (χ3n) is 2.55. The first-order chi connectivity index (χ1) is 8.66. The standard InChI is InChI=1S/C11H8N4O3/c1-6-9(11(16)17)14-10(18-6)7-4-13-15-3-2-12-5-8(7)15/h2-5H,1H3,(H,16,17). The number of aromatic nitrogens is 4. The Kier molecular flexibility index (Phi) is 2.12. The average molecular weight is 244 g/mol. The summed E-state index contributed by atoms with van der Waals surface area (Å²) in [6.07, 6.45) is 6.47. The Morgan fingerprint density at radius 2 is 2.28 bits per heavy atom. The molecule has 7 heteroatoms. The Balaban J connectivity index is 2.20. The molecular weight excluding hydrogens is 236 g/mol. The molecule has 90 valence electrons. The van der Waals surface area contributed by atoms with Gasteiger partial charge in [-0.15, -0.1) is 0 Å². The smallest absolute Gasteiger partial charge is 0.358 e. The van der Waals surface area contributed by atoms with Crippen molar-refractivity contribution in [2.24, 2.45) is 0 Å². The minimum atomic E-state index is -1.11. The first kappa shape index (κ1) is 10.5. The van der Waals surface area contributed by atoms with Gasteiger partial charge in [-0.2, -0.15) is 5.10 Å². The molecular formula is C11H8N4O3. The topological polar surface area (TPSA) is 93.5 Å². The maximum atomic E-state index is 10.9. The van der Waals surface area contributed by atoms with Crippen molar-refractivity contribution in [3.63, 3.8) is 0 Å². The van der Waals surface area contributed by atoms with Crippen LogP contribution < -0.4 is 0 Å². The molecule has 1 N–H and O–H groups in total. The van der Waals surface area contributed by atoms with Gasteiger partial charge in [0.2, 0.25) is 5.89 Å². The quantitative estimate of drug-likeness (QED) is 0.732. The summed E-state index contributed by atoms with van der Waals surface area (Å²) in [4.78, 5) is 18.9. The Morgan fingerprint density at radius 1 is 1.44 bits per heavy atom. The van der Waals surface area contributed by atoms with Gasteiger partial charge in [0.25, 0.3) is 0 Å². The van der Waals surface area contributed by atoms with E-state index in [0.717, 1.165) is 0 Å². The van der Waals surface area contributed by atoms with Crippen LogP contribution in [0.3, 0.4) is 0 Å². The van der Waals surface area contributed by atoms with Crippen molar-refractivity contribution in [3.8, 4) is 11.5 Å². The van der Waals surface area contributed by atoms with Crippen LogP contribution >= 0.6 is 0 Å². The summed E-state index contributed by atoms with van der Waals surface area (Å²) in [5.74, 6) is -0.620. The van der Waals surface area contributed by atoms with E-state index in [1.54, 1.807) is 36.2 Å². The SMILES string of the molecule is Cc1oc(-c2cnn3ccncc23)nc1C(=O)O. The van der Waals surface area contributed by atoms with Crippen LogP contribution in [0.5, 0.6) is 0 Å². The molecule has 0 aromatic carbocycles. The lowest BCUT2D eigenvalue weighted by atomic mass is 10.3. The molecule has 0 fully saturated rings. The molecule has 0 bridgehead atoms. The van der Waals surface area contributed by atoms with Crippen LogP contribution in [0.25, 0.3) is 17.0 Å². The highest BCUT2D eigenvalue weighted by atomic mass is 16.4. The van der Waals surface area contributed by atoms with Gasteiger partial charge in [0.1, 0.15) is 5.76 Å². The zero-order valence-electron chi connectivity index (χ0n) is 9.36. The zero-order chi connectivity index (χ0) is 12.7. The van der Waals surface area contributed by atoms with Crippen molar-refractivity contribution < 1.29 is 14.3 Å². The Bertz CT molecular complexity index is 744. The lowest BCUT2D eigenvalue weighted by molar-refractivity contribution is 0.0689. The second-order valence-corrected chi connectivity index (χ2v) is 3.69. The van der Waals surface area contributed by atoms with Crippen molar-refractivity contribution in [2.75, 3.05) is 0 Å². The number of rotatable bonds is 2. The molecule has 0 unspecified atom stereocenters. The predicted molar refractivity (Wildman–Crippen MR) is 60.2 cm³/mol. The number of aromatic carboxylic acids is 1. The van der Waals surface area contributed by atoms with Gasteiger partial charge in [-0.3, -0.25) is 4.98 Å². The maximum Gasteiger partial charge on any atom is 0.358 e. The van der Waals surface area contributed by atoms with Gasteiger partial charge in [0, 0.05) is 12.4 Å². The van der Waals surface area contributed by atoms with Crippen molar-refractivity contribution in [1.29, 1.82) is 0 Å². The fraction of sp³-hybridized carbons (Fsp3) is 0.0909. The summed E-state index contributed by atoms with van der Waals surface area (Å²) in [7, 11) is 0. The van der Waals surface area contributed by atoms with Crippen molar-refractivity contribution in [3.05, 3.63) is 36.2 Å². The second kappa shape index (κ2) is 3.66. The van der Waals surface area contributed by atoms with E-state index in [2.05, 4.69) is 15.1 Å². The predicted octanol–water partition coefficient (Wildman–Crippen LogP) is 1.39. The van der Waals surface area contributed by atoms with Crippen LogP contribution in [-0.2, 0) is 0 Å². The van der Waals surface area contributed by atoms with Crippen LogP contribution in [-0.4, -0.2) is 30.7 Å². The van der Waals surface area contributed by atoms with Crippen LogP contribution in [0.15, 0.2) is 29.2 Å². The van der Waals surface area contributed by atoms with Crippen molar-refractivity contribution in [2.45, 2.75) is 6.92 Å². The van der Waals surface area contributed by atoms with Gasteiger partial charge in [-0.25, -0.2) is 14.3 Å². The number of hydrogen-bond donors (Lipinski definition) is 1. The molecule has 0 spiro atoms. The molecule has 0 aliphatic heterocycles. The molecule has 18 heavy (non-hydrogen) atoms. The largest absolute Gasteiger partial charge is 0.476 e. The lowest BCUT2D eigenvalue weighted by Crippen LogP contribution is -1.98. The third-order valence-corrected chi connectivity index (χ3v) is 2.55. The van der Waals surface area contributed by atoms with Crippen LogP contribution in [0.1, 0.15) is 16.2 Å². The van der Waals surface area contributed by atoms with E-state index in [1.165, 1.54) is 0 Å². The highest BCUT2D eigenvalue weighted by Gasteiger charge is 2.19. The van der Waals surface area contributed by atoms with Gasteiger partial charge in [0.15, 0.2) is 5.69 Å². The minimum absolute atomic E-state index is 0.0896. The number of aryl methyl sites for hydroxylation is 1. The Labute approximate surface area is 101 Å². The highest BCUT2D eigenvalue weighted by molar-refractivity contribution is 5.87. The summed E-state index contributed by atoms with van der Waals surface area (Å²) in [6.45, 7) is 1.56. The summed E-state index contributed by atoms with van der Waals surface area (Å²) < 4.78 is 6.97. The van der Waals surface area contributed by atoms with E-state index in [1.807, 2.05) is 0 Å². The first-order valence-electron chi connectivity index (χ1n) is 5.15. The number of carboxylic acid groups (broad SMARTS) is 1. The zero-order valence-corrected chi connectivity index (χ0v) is 9.36. The molecule has 0 saturated carbocycles. The molecule has 0 aliphatic carbocycles. The van der Waals surface area contributed by atoms with E-state index < -0.39 is 5.97 Å². The summed E-state index contributed by atoms with van der Waals surface area (Å²) in [5.41, 5.74) is 1.22. The van der Waals surface area contributed by atoms with Crippen molar-refractivity contribution >= 4 is 11.5 Å². The number of carbonyl (C=O) groups is 1. The third kappa shape index (κ3) is 1.45. The van der Waals surface area contributed by atoms with Gasteiger partial charge >= 0.3 is 5.97 Å². The molecule has 7 nitrogen and oxygen atoms in total. The van der Waals surface area contributed by atoms with Crippen LogP contribution in [0, 0.1) is 6.92 Å². The maximum absolute atomic E-state index is 10.9. The number of carboxylic acids is 1. The molecule has 3 heterocycles. The molecule has 0 radical (unpaired) electrons. The molecule has 3 aromatic heterocycles. The Morgan fingerprint density at radius 3 is 3.00 bits per heavy atom. The minimum Gasteiger partial charge on any atom is -0.476 e. The first-order valence-corrected chi connectivity index (χ1v) is 5.15. The second-order valence-electron chi connectivity index (χ2n) is 3.69. The summed E-state index contributed by atoms with van der Waals surface area (Å²) in [5, 5.41) is 13.0. The lowest BCUT2D eigenvalue weighted by Gasteiger charge is -1.92. The number of fused-ring (bicyclic) bond motifs is 1. The molecule has 3 rings (SSSR count). The van der Waals surface area contributed by atoms with E-state index in [9.17, 15) is 4.79 Å². The van der Waals surface area contributed by atoms with E-state index in [4.69, 9.17) is 9.52 Å². The Hall–Kier alpha value is -2.70. The van der Waals surface area contributed by atoms with Crippen LogP contribution in [0.4, 0.5) is 0 Å². The number of oxazole rings is 1. The van der Waals surface area contributed by atoms with E-state index >= 15 is 0 Å². The number of nitrogens with zero attached hydrogens (tertiary/aromatic N) is 4. The normalized spacial score (nSPS) is 10.9. The molecule has 0 saturated heterocycles. The van der Waals surface area contributed by atoms with Gasteiger partial charge in [0.05, 0.1) is 23.5 Å². The van der Waals surface area contributed by atoms with Crippen molar-refractivity contribution in [1.82, 2.24) is 19.6 Å². The molecule has 0 atom stereocenters. The van der Waals surface area contributed by atoms with E-state index in [0.29, 0.717) is 11.1 Å². The monoisotopic (exact) mass is 244 g/mol. The van der Waals surface area contributed by atoms with Gasteiger partial charge in [-0.05, 0) is 6.92 Å². The molecule has 0 aliphatic rings. The average Bonchev–Trinajstić information content (AvgIpc) is 2.92. The number of hydrogen-bond acceptors (Lipinski definition) is 5. The van der Waals surface area contributed by atoms with Gasteiger partial charge in [-0.1, -0.05) is 0 Å². The molecule has 3 aromatic rings. The summed E-state index contributed by atoms with van der Waals surface area (Å²) >= 11 is 0. The highest BCUT2D eigenvalue weighted by Crippen LogP contribution is 2.25. The fourth-order valence-electron chi connectivity index (χ4n) is 1.71. The van der Waals surface area contributed by atoms with E-state index in [-0.39, 0.29) is 17.3 Å². The molecule has 0 amide bonds. The summed E-state index contributed by atoms with van der Waals surface area (Å²) in [6, 6.07) is 0.